The molecule has 1 aromatic rings. The molecule has 0 spiro atoms. The third-order valence-electron chi connectivity index (χ3n) is 1.67. The Morgan fingerprint density at radius 2 is 2.07 bits per heavy atom. The van der Waals surface area contributed by atoms with Crippen molar-refractivity contribution >= 4 is 17.9 Å². The SMILES string of the molecule is NC(=O)CC=Cc1cncc(C(N)=O)c1. The van der Waals surface area contributed by atoms with Gasteiger partial charge < -0.3 is 11.5 Å². The van der Waals surface area contributed by atoms with Crippen molar-refractivity contribution in [1.29, 1.82) is 0 Å². The zero-order chi connectivity index (χ0) is 11.3. The van der Waals surface area contributed by atoms with Crippen molar-refractivity contribution < 1.29 is 9.59 Å². The molecular weight excluding hydrogens is 194 g/mol. The van der Waals surface area contributed by atoms with Crippen LogP contribution in [0.3, 0.4) is 0 Å². The molecule has 5 nitrogen and oxygen atoms in total. The van der Waals surface area contributed by atoms with Crippen LogP contribution in [0.1, 0.15) is 22.3 Å². The van der Waals surface area contributed by atoms with Gasteiger partial charge in [0.05, 0.1) is 5.56 Å². The van der Waals surface area contributed by atoms with Crippen molar-refractivity contribution in [2.75, 3.05) is 0 Å². The van der Waals surface area contributed by atoms with Gasteiger partial charge in [0.25, 0.3) is 0 Å². The van der Waals surface area contributed by atoms with Crippen LogP contribution in [0.25, 0.3) is 6.08 Å². The number of rotatable bonds is 4. The Morgan fingerprint density at radius 3 is 2.67 bits per heavy atom. The molecule has 0 unspecified atom stereocenters. The number of nitrogens with two attached hydrogens (primary N) is 2. The van der Waals surface area contributed by atoms with E-state index in [4.69, 9.17) is 11.5 Å². The summed E-state index contributed by atoms with van der Waals surface area (Å²) >= 11 is 0. The van der Waals surface area contributed by atoms with Gasteiger partial charge in [-0.25, -0.2) is 0 Å². The minimum Gasteiger partial charge on any atom is -0.369 e. The van der Waals surface area contributed by atoms with Crippen LogP contribution in [0, 0.1) is 0 Å². The fourth-order valence-electron chi connectivity index (χ4n) is 0.995. The van der Waals surface area contributed by atoms with E-state index < -0.39 is 11.8 Å². The van der Waals surface area contributed by atoms with Crippen LogP contribution in [0.2, 0.25) is 0 Å². The fraction of sp³-hybridized carbons (Fsp3) is 0.100. The van der Waals surface area contributed by atoms with Gasteiger partial charge in [0, 0.05) is 18.8 Å². The Morgan fingerprint density at radius 1 is 1.33 bits per heavy atom. The van der Waals surface area contributed by atoms with Gasteiger partial charge in [0.15, 0.2) is 0 Å². The zero-order valence-corrected chi connectivity index (χ0v) is 8.01. The molecule has 0 aliphatic rings. The van der Waals surface area contributed by atoms with E-state index in [2.05, 4.69) is 4.98 Å². The number of aromatic nitrogens is 1. The standard InChI is InChI=1S/C10H11N3O2/c11-9(14)3-1-2-7-4-8(10(12)15)6-13-5-7/h1-2,4-6H,3H2,(H2,11,14)(H2,12,15). The summed E-state index contributed by atoms with van der Waals surface area (Å²) in [5.41, 5.74) is 11.1. The molecule has 0 atom stereocenters. The molecule has 5 heteroatoms. The predicted octanol–water partition coefficient (Wildman–Crippen LogP) is 0.0691. The Bertz CT molecular complexity index is 413. The average molecular weight is 205 g/mol. The first kappa shape index (κ1) is 10.9. The van der Waals surface area contributed by atoms with Crippen molar-refractivity contribution in [2.45, 2.75) is 6.42 Å². The highest BCUT2D eigenvalue weighted by molar-refractivity contribution is 5.93. The zero-order valence-electron chi connectivity index (χ0n) is 8.01. The summed E-state index contributed by atoms with van der Waals surface area (Å²) in [6.07, 6.45) is 6.35. The maximum Gasteiger partial charge on any atom is 0.250 e. The lowest BCUT2D eigenvalue weighted by Crippen LogP contribution is -2.11. The monoisotopic (exact) mass is 205 g/mol. The highest BCUT2D eigenvalue weighted by atomic mass is 16.1. The number of carbonyl (C=O) groups excluding carboxylic acids is 2. The molecule has 1 aromatic heterocycles. The van der Waals surface area contributed by atoms with Crippen molar-refractivity contribution in [3.05, 3.63) is 35.7 Å². The summed E-state index contributed by atoms with van der Waals surface area (Å²) in [7, 11) is 0. The van der Waals surface area contributed by atoms with Crippen LogP contribution in [0.5, 0.6) is 0 Å². The summed E-state index contributed by atoms with van der Waals surface area (Å²) in [6, 6.07) is 1.59. The molecule has 0 aromatic carbocycles. The molecule has 2 amide bonds. The Hall–Kier alpha value is -2.17. The Balaban J connectivity index is 2.78. The number of pyridine rings is 1. The molecule has 0 aliphatic carbocycles. The van der Waals surface area contributed by atoms with E-state index in [1.807, 2.05) is 0 Å². The van der Waals surface area contributed by atoms with Crippen LogP contribution >= 0.6 is 0 Å². The summed E-state index contributed by atoms with van der Waals surface area (Å²) in [6.45, 7) is 0. The van der Waals surface area contributed by atoms with Crippen molar-refractivity contribution in [2.24, 2.45) is 11.5 Å². The number of primary amides is 2. The number of hydrogen-bond donors (Lipinski definition) is 2. The average Bonchev–Trinajstić information content (AvgIpc) is 2.17. The molecule has 15 heavy (non-hydrogen) atoms. The molecule has 0 radical (unpaired) electrons. The van der Waals surface area contributed by atoms with Gasteiger partial charge in [-0.05, 0) is 11.6 Å². The van der Waals surface area contributed by atoms with Gasteiger partial charge in [-0.2, -0.15) is 0 Å². The third-order valence-corrected chi connectivity index (χ3v) is 1.67. The summed E-state index contributed by atoms with van der Waals surface area (Å²) in [4.78, 5) is 25.1. The summed E-state index contributed by atoms with van der Waals surface area (Å²) < 4.78 is 0. The quantitative estimate of drug-likeness (QED) is 0.727. The van der Waals surface area contributed by atoms with Gasteiger partial charge in [0.2, 0.25) is 11.8 Å². The Kier molecular flexibility index (Phi) is 3.56. The second kappa shape index (κ2) is 4.90. The molecule has 4 N–H and O–H groups in total. The first-order chi connectivity index (χ1) is 7.09. The van der Waals surface area contributed by atoms with E-state index in [1.54, 1.807) is 24.4 Å². The number of amides is 2. The third kappa shape index (κ3) is 3.60. The van der Waals surface area contributed by atoms with E-state index in [0.29, 0.717) is 11.1 Å². The lowest BCUT2D eigenvalue weighted by Gasteiger charge is -1.96. The number of nitrogens with zero attached hydrogens (tertiary/aromatic N) is 1. The minimum absolute atomic E-state index is 0.154. The molecule has 0 aliphatic heterocycles. The molecule has 78 valence electrons. The molecule has 0 saturated carbocycles. The van der Waals surface area contributed by atoms with Gasteiger partial charge in [-0.1, -0.05) is 12.2 Å². The van der Waals surface area contributed by atoms with Gasteiger partial charge in [-0.15, -0.1) is 0 Å². The maximum absolute atomic E-state index is 10.8. The molecule has 1 rings (SSSR count). The Labute approximate surface area is 86.8 Å². The van der Waals surface area contributed by atoms with E-state index in [0.717, 1.165) is 0 Å². The largest absolute Gasteiger partial charge is 0.369 e. The molecule has 1 heterocycles. The lowest BCUT2D eigenvalue weighted by molar-refractivity contribution is -0.117. The van der Waals surface area contributed by atoms with E-state index in [-0.39, 0.29) is 6.42 Å². The normalized spacial score (nSPS) is 10.4. The second-order valence-corrected chi connectivity index (χ2v) is 2.94. The van der Waals surface area contributed by atoms with Gasteiger partial charge in [-0.3, -0.25) is 14.6 Å². The van der Waals surface area contributed by atoms with Crippen molar-refractivity contribution in [3.8, 4) is 0 Å². The lowest BCUT2D eigenvalue weighted by atomic mass is 10.2. The van der Waals surface area contributed by atoms with Gasteiger partial charge in [0.1, 0.15) is 0 Å². The van der Waals surface area contributed by atoms with Crippen LogP contribution in [-0.4, -0.2) is 16.8 Å². The smallest absolute Gasteiger partial charge is 0.250 e. The molecule has 0 saturated heterocycles. The van der Waals surface area contributed by atoms with E-state index >= 15 is 0 Å². The molecular formula is C10H11N3O2. The van der Waals surface area contributed by atoms with Crippen LogP contribution in [0.15, 0.2) is 24.5 Å². The van der Waals surface area contributed by atoms with E-state index in [9.17, 15) is 9.59 Å². The second-order valence-electron chi connectivity index (χ2n) is 2.94. The number of hydrogen-bond acceptors (Lipinski definition) is 3. The highest BCUT2D eigenvalue weighted by Crippen LogP contribution is 2.04. The summed E-state index contributed by atoms with van der Waals surface area (Å²) in [5.74, 6) is -0.946. The maximum atomic E-state index is 10.8. The highest BCUT2D eigenvalue weighted by Gasteiger charge is 1.99. The fourth-order valence-corrected chi connectivity index (χ4v) is 0.995. The molecule has 0 bridgehead atoms. The first-order valence-electron chi connectivity index (χ1n) is 4.29. The van der Waals surface area contributed by atoms with Crippen molar-refractivity contribution in [1.82, 2.24) is 4.98 Å². The minimum atomic E-state index is -0.535. The van der Waals surface area contributed by atoms with Crippen LogP contribution < -0.4 is 11.5 Å². The molecule has 0 fully saturated rings. The van der Waals surface area contributed by atoms with Gasteiger partial charge >= 0.3 is 0 Å². The predicted molar refractivity (Wildman–Crippen MR) is 55.6 cm³/mol. The van der Waals surface area contributed by atoms with Crippen LogP contribution in [-0.2, 0) is 4.79 Å². The summed E-state index contributed by atoms with van der Waals surface area (Å²) in [5, 5.41) is 0. The van der Waals surface area contributed by atoms with E-state index in [1.165, 1.54) is 6.20 Å². The van der Waals surface area contributed by atoms with Crippen LogP contribution in [0.4, 0.5) is 0 Å². The van der Waals surface area contributed by atoms with Crippen molar-refractivity contribution in [3.63, 3.8) is 0 Å². The first-order valence-corrected chi connectivity index (χ1v) is 4.29. The topological polar surface area (TPSA) is 99.1 Å². The number of carbonyl (C=O) groups is 2.